The number of amides is 1. The first kappa shape index (κ1) is 13.5. The third-order valence-corrected chi connectivity index (χ3v) is 3.45. The summed E-state index contributed by atoms with van der Waals surface area (Å²) < 4.78 is 0. The number of carboxylic acids is 1. The largest absolute Gasteiger partial charge is 0.481 e. The van der Waals surface area contributed by atoms with Crippen molar-refractivity contribution in [3.63, 3.8) is 0 Å². The highest BCUT2D eigenvalue weighted by molar-refractivity contribution is 6.07. The minimum atomic E-state index is -1.08. The third kappa shape index (κ3) is 2.33. The Morgan fingerprint density at radius 1 is 1.37 bits per heavy atom. The number of benzene rings is 1. The molecule has 0 saturated carbocycles. The van der Waals surface area contributed by atoms with Crippen LogP contribution in [0.25, 0.3) is 0 Å². The molecule has 102 valence electrons. The van der Waals surface area contributed by atoms with E-state index in [1.807, 2.05) is 38.1 Å². The summed E-state index contributed by atoms with van der Waals surface area (Å²) in [4.78, 5) is 24.4. The number of aliphatic hydroxyl groups excluding tert-OH is 1. The van der Waals surface area contributed by atoms with E-state index in [0.717, 1.165) is 11.3 Å². The fraction of sp³-hybridized carbons (Fsp3) is 0.429. The number of aliphatic carboxylic acids is 1. The summed E-state index contributed by atoms with van der Waals surface area (Å²) in [5.74, 6) is -1.19. The van der Waals surface area contributed by atoms with Gasteiger partial charge in [0.25, 0.3) is 0 Å². The zero-order valence-electron chi connectivity index (χ0n) is 11.0. The maximum absolute atomic E-state index is 12.4. The highest BCUT2D eigenvalue weighted by Crippen LogP contribution is 2.41. The summed E-state index contributed by atoms with van der Waals surface area (Å²) in [6.07, 6.45) is -1.43. The molecule has 1 unspecified atom stereocenters. The first-order chi connectivity index (χ1) is 8.84. The summed E-state index contributed by atoms with van der Waals surface area (Å²) in [6, 6.07) is 7.39. The van der Waals surface area contributed by atoms with Gasteiger partial charge in [-0.1, -0.05) is 18.2 Å². The monoisotopic (exact) mass is 263 g/mol. The highest BCUT2D eigenvalue weighted by Gasteiger charge is 2.43. The Labute approximate surface area is 111 Å². The van der Waals surface area contributed by atoms with Gasteiger partial charge in [0.05, 0.1) is 24.5 Å². The molecule has 19 heavy (non-hydrogen) atoms. The van der Waals surface area contributed by atoms with Gasteiger partial charge >= 0.3 is 5.97 Å². The molecule has 5 nitrogen and oxygen atoms in total. The second kappa shape index (κ2) is 4.66. The Bertz CT molecular complexity index is 524. The van der Waals surface area contributed by atoms with Crippen molar-refractivity contribution in [1.82, 2.24) is 0 Å². The van der Waals surface area contributed by atoms with Crippen molar-refractivity contribution in [3.05, 3.63) is 29.8 Å². The van der Waals surface area contributed by atoms with Gasteiger partial charge in [-0.2, -0.15) is 0 Å². The van der Waals surface area contributed by atoms with Crippen molar-refractivity contribution in [2.45, 2.75) is 31.8 Å². The number of carboxylic acid groups (broad SMARTS) is 1. The molecule has 2 rings (SSSR count). The molecule has 1 aliphatic heterocycles. The number of aliphatic hydroxyl groups is 1. The average molecular weight is 263 g/mol. The average Bonchev–Trinajstić information content (AvgIpc) is 2.51. The maximum Gasteiger partial charge on any atom is 0.306 e. The summed E-state index contributed by atoms with van der Waals surface area (Å²) in [7, 11) is 0. The number of fused-ring (bicyclic) bond motifs is 1. The molecule has 1 aromatic carbocycles. The predicted octanol–water partition coefficient (Wildman–Crippen LogP) is 1.15. The van der Waals surface area contributed by atoms with E-state index in [4.69, 9.17) is 5.11 Å². The maximum atomic E-state index is 12.4. The lowest BCUT2D eigenvalue weighted by Crippen LogP contribution is -2.41. The normalized spacial score (nSPS) is 18.3. The van der Waals surface area contributed by atoms with Crippen LogP contribution in [-0.4, -0.2) is 34.7 Å². The van der Waals surface area contributed by atoms with Crippen molar-refractivity contribution in [2.24, 2.45) is 0 Å². The van der Waals surface area contributed by atoms with Gasteiger partial charge in [0.2, 0.25) is 5.91 Å². The number of carbonyl (C=O) groups is 2. The zero-order chi connectivity index (χ0) is 14.2. The first-order valence-corrected chi connectivity index (χ1v) is 6.15. The minimum absolute atomic E-state index is 0.00553. The van der Waals surface area contributed by atoms with Crippen molar-refractivity contribution in [1.29, 1.82) is 0 Å². The molecule has 0 fully saturated rings. The second-order valence-electron chi connectivity index (χ2n) is 5.31. The third-order valence-electron chi connectivity index (χ3n) is 3.45. The van der Waals surface area contributed by atoms with Crippen LogP contribution in [0.2, 0.25) is 0 Å². The highest BCUT2D eigenvalue weighted by atomic mass is 16.4. The van der Waals surface area contributed by atoms with Crippen LogP contribution in [-0.2, 0) is 15.0 Å². The molecular formula is C14H17NO4. The van der Waals surface area contributed by atoms with Crippen molar-refractivity contribution < 1.29 is 19.8 Å². The molecule has 5 heteroatoms. The molecular weight excluding hydrogens is 246 g/mol. The van der Waals surface area contributed by atoms with Crippen LogP contribution in [0.3, 0.4) is 0 Å². The van der Waals surface area contributed by atoms with Crippen LogP contribution in [0.5, 0.6) is 0 Å². The number of carbonyl (C=O) groups excluding carboxylic acids is 1. The van der Waals surface area contributed by atoms with Crippen LogP contribution in [0, 0.1) is 0 Å². The summed E-state index contributed by atoms with van der Waals surface area (Å²) in [5.41, 5.74) is 1.02. The van der Waals surface area contributed by atoms with Crippen LogP contribution in [0.15, 0.2) is 24.3 Å². The molecule has 0 saturated heterocycles. The van der Waals surface area contributed by atoms with Gasteiger partial charge in [-0.15, -0.1) is 0 Å². The van der Waals surface area contributed by atoms with Crippen LogP contribution in [0.1, 0.15) is 25.8 Å². The molecule has 0 radical (unpaired) electrons. The van der Waals surface area contributed by atoms with Crippen molar-refractivity contribution in [3.8, 4) is 0 Å². The lowest BCUT2D eigenvalue weighted by Gasteiger charge is -2.22. The van der Waals surface area contributed by atoms with Gasteiger partial charge in [-0.3, -0.25) is 9.59 Å². The first-order valence-electron chi connectivity index (χ1n) is 6.15. The fourth-order valence-corrected chi connectivity index (χ4v) is 2.46. The molecule has 1 amide bonds. The van der Waals surface area contributed by atoms with Gasteiger partial charge in [-0.05, 0) is 25.5 Å². The fourth-order valence-electron chi connectivity index (χ4n) is 2.46. The standard InChI is InChI=1S/C14H17NO4/c1-14(2)10-5-3-4-6-11(10)15(13(14)19)8-9(16)7-12(17)18/h3-6,9,16H,7-8H2,1-2H3,(H,17,18). The Balaban J connectivity index is 2.28. The van der Waals surface area contributed by atoms with E-state index in [0.29, 0.717) is 0 Å². The Morgan fingerprint density at radius 3 is 2.63 bits per heavy atom. The van der Waals surface area contributed by atoms with Gasteiger partial charge in [0.1, 0.15) is 0 Å². The lowest BCUT2D eigenvalue weighted by molar-refractivity contribution is -0.139. The molecule has 0 spiro atoms. The summed E-state index contributed by atoms with van der Waals surface area (Å²) >= 11 is 0. The molecule has 0 aromatic heterocycles. The minimum Gasteiger partial charge on any atom is -0.481 e. The lowest BCUT2D eigenvalue weighted by atomic mass is 9.86. The summed E-state index contributed by atoms with van der Waals surface area (Å²) in [5, 5.41) is 18.4. The van der Waals surface area contributed by atoms with Crippen molar-refractivity contribution in [2.75, 3.05) is 11.4 Å². The number of hydrogen-bond donors (Lipinski definition) is 2. The van der Waals surface area contributed by atoms with E-state index in [9.17, 15) is 14.7 Å². The summed E-state index contributed by atoms with van der Waals surface area (Å²) in [6.45, 7) is 3.67. The SMILES string of the molecule is CC1(C)C(=O)N(CC(O)CC(=O)O)c2ccccc21. The van der Waals surface area contributed by atoms with E-state index < -0.39 is 17.5 Å². The number of para-hydroxylation sites is 1. The van der Waals surface area contributed by atoms with Crippen molar-refractivity contribution >= 4 is 17.6 Å². The Kier molecular flexibility index (Phi) is 3.32. The topological polar surface area (TPSA) is 77.8 Å². The van der Waals surface area contributed by atoms with Gasteiger partial charge < -0.3 is 15.1 Å². The van der Waals surface area contributed by atoms with Gasteiger partial charge in [-0.25, -0.2) is 0 Å². The van der Waals surface area contributed by atoms with Crippen LogP contribution < -0.4 is 4.90 Å². The quantitative estimate of drug-likeness (QED) is 0.854. The molecule has 1 heterocycles. The van der Waals surface area contributed by atoms with Crippen LogP contribution in [0.4, 0.5) is 5.69 Å². The zero-order valence-corrected chi connectivity index (χ0v) is 11.0. The molecule has 1 aromatic rings. The molecule has 2 N–H and O–H groups in total. The number of rotatable bonds is 4. The Morgan fingerprint density at radius 2 is 2.00 bits per heavy atom. The van der Waals surface area contributed by atoms with E-state index in [2.05, 4.69) is 0 Å². The molecule has 1 atom stereocenters. The van der Waals surface area contributed by atoms with E-state index >= 15 is 0 Å². The number of β-amino-alcohol motifs (C(OH)–C–C–N with tert-alkyl or cyclic N) is 1. The molecule has 1 aliphatic rings. The number of nitrogens with zero attached hydrogens (tertiary/aromatic N) is 1. The van der Waals surface area contributed by atoms with E-state index in [1.165, 1.54) is 4.90 Å². The number of hydrogen-bond acceptors (Lipinski definition) is 3. The second-order valence-corrected chi connectivity index (χ2v) is 5.31. The Hall–Kier alpha value is -1.88. The molecule has 0 bridgehead atoms. The predicted molar refractivity (Wildman–Crippen MR) is 70.1 cm³/mol. The number of anilines is 1. The van der Waals surface area contributed by atoms with Gasteiger partial charge in [0.15, 0.2) is 0 Å². The van der Waals surface area contributed by atoms with Crippen LogP contribution >= 0.6 is 0 Å². The smallest absolute Gasteiger partial charge is 0.306 e. The van der Waals surface area contributed by atoms with Gasteiger partial charge in [0, 0.05) is 5.69 Å². The van der Waals surface area contributed by atoms with E-state index in [-0.39, 0.29) is 18.9 Å². The molecule has 0 aliphatic carbocycles. The van der Waals surface area contributed by atoms with E-state index in [1.54, 1.807) is 0 Å².